The summed E-state index contributed by atoms with van der Waals surface area (Å²) in [4.78, 5) is 0. The van der Waals surface area contributed by atoms with Gasteiger partial charge in [-0.25, -0.2) is 0 Å². The van der Waals surface area contributed by atoms with Crippen LogP contribution < -0.4 is 4.74 Å². The summed E-state index contributed by atoms with van der Waals surface area (Å²) < 4.78 is 5.45. The van der Waals surface area contributed by atoms with Crippen molar-refractivity contribution in [2.24, 2.45) is 0 Å². The van der Waals surface area contributed by atoms with Gasteiger partial charge in [0.15, 0.2) is 0 Å². The van der Waals surface area contributed by atoms with Crippen LogP contribution in [-0.4, -0.2) is 7.11 Å². The van der Waals surface area contributed by atoms with E-state index in [0.29, 0.717) is 5.92 Å². The predicted octanol–water partition coefficient (Wildman–Crippen LogP) is 5.03. The zero-order valence-corrected chi connectivity index (χ0v) is 12.5. The molecule has 0 amide bonds. The average molecular weight is 284 g/mol. The SMILES string of the molecule is COc1ccc2c(c1)C1Cc3ccccc3-c3cccc-2c31. The predicted molar refractivity (Wildman–Crippen MR) is 89.4 cm³/mol. The molecular weight excluding hydrogens is 268 g/mol. The lowest BCUT2D eigenvalue weighted by Gasteiger charge is -2.25. The molecule has 0 saturated carbocycles. The van der Waals surface area contributed by atoms with E-state index in [1.165, 1.54) is 38.9 Å². The second kappa shape index (κ2) is 4.23. The van der Waals surface area contributed by atoms with Crippen molar-refractivity contribution in [2.45, 2.75) is 12.3 Å². The molecule has 1 nitrogen and oxygen atoms in total. The first-order valence-corrected chi connectivity index (χ1v) is 7.76. The Balaban J connectivity index is 1.83. The van der Waals surface area contributed by atoms with Gasteiger partial charge in [0.2, 0.25) is 0 Å². The van der Waals surface area contributed by atoms with Crippen molar-refractivity contribution in [3.63, 3.8) is 0 Å². The standard InChI is InChI=1S/C21H16O/c1-22-14-9-10-16-18-8-4-7-17-15-6-3-2-5-13(15)11-20(21(17)18)19(16)12-14/h2-10,12,20H,11H2,1H3. The van der Waals surface area contributed by atoms with Gasteiger partial charge in [0.05, 0.1) is 7.11 Å². The molecule has 0 radical (unpaired) electrons. The van der Waals surface area contributed by atoms with Crippen molar-refractivity contribution >= 4 is 0 Å². The van der Waals surface area contributed by atoms with E-state index in [-0.39, 0.29) is 0 Å². The normalized spacial score (nSPS) is 16.7. The fourth-order valence-electron chi connectivity index (χ4n) is 4.16. The molecule has 0 aromatic heterocycles. The fraction of sp³-hybridized carbons (Fsp3) is 0.143. The Hall–Kier alpha value is -2.54. The highest BCUT2D eigenvalue weighted by atomic mass is 16.5. The number of hydrogen-bond donors (Lipinski definition) is 0. The van der Waals surface area contributed by atoms with Crippen LogP contribution in [0.25, 0.3) is 22.3 Å². The fourth-order valence-corrected chi connectivity index (χ4v) is 4.16. The highest BCUT2D eigenvalue weighted by Crippen LogP contribution is 2.54. The number of benzene rings is 3. The molecule has 3 aromatic rings. The highest BCUT2D eigenvalue weighted by Gasteiger charge is 2.35. The third-order valence-corrected chi connectivity index (χ3v) is 5.11. The average Bonchev–Trinajstić information content (AvgIpc) is 2.90. The molecule has 2 aliphatic rings. The lowest BCUT2D eigenvalue weighted by molar-refractivity contribution is 0.414. The molecule has 0 N–H and O–H groups in total. The zero-order chi connectivity index (χ0) is 14.7. The molecule has 0 aliphatic heterocycles. The van der Waals surface area contributed by atoms with Crippen LogP contribution in [0.5, 0.6) is 5.75 Å². The summed E-state index contributed by atoms with van der Waals surface area (Å²) >= 11 is 0. The molecule has 5 rings (SSSR count). The van der Waals surface area contributed by atoms with Gasteiger partial charge in [0.25, 0.3) is 0 Å². The molecule has 1 unspecified atom stereocenters. The molecule has 22 heavy (non-hydrogen) atoms. The van der Waals surface area contributed by atoms with Crippen molar-refractivity contribution in [1.29, 1.82) is 0 Å². The summed E-state index contributed by atoms with van der Waals surface area (Å²) in [5.74, 6) is 1.41. The van der Waals surface area contributed by atoms with Crippen molar-refractivity contribution in [3.05, 3.63) is 77.4 Å². The largest absolute Gasteiger partial charge is 0.497 e. The molecule has 2 aliphatic carbocycles. The van der Waals surface area contributed by atoms with Gasteiger partial charge >= 0.3 is 0 Å². The Kier molecular flexibility index (Phi) is 2.32. The number of rotatable bonds is 1. The van der Waals surface area contributed by atoms with Crippen molar-refractivity contribution in [3.8, 4) is 28.0 Å². The molecule has 0 spiro atoms. The van der Waals surface area contributed by atoms with Gasteiger partial charge in [-0.1, -0.05) is 48.5 Å². The van der Waals surface area contributed by atoms with Gasteiger partial charge in [0.1, 0.15) is 5.75 Å². The van der Waals surface area contributed by atoms with Gasteiger partial charge in [-0.2, -0.15) is 0 Å². The number of fused-ring (bicyclic) bond motifs is 5. The smallest absolute Gasteiger partial charge is 0.119 e. The van der Waals surface area contributed by atoms with Crippen LogP contribution >= 0.6 is 0 Å². The Morgan fingerprint density at radius 1 is 0.818 bits per heavy atom. The van der Waals surface area contributed by atoms with Crippen LogP contribution in [0.4, 0.5) is 0 Å². The van der Waals surface area contributed by atoms with E-state index < -0.39 is 0 Å². The highest BCUT2D eigenvalue weighted by molar-refractivity contribution is 5.89. The summed E-state index contributed by atoms with van der Waals surface area (Å²) in [6, 6.07) is 22.0. The summed E-state index contributed by atoms with van der Waals surface area (Å²) in [6.07, 6.45) is 1.08. The number of ether oxygens (including phenoxy) is 1. The lowest BCUT2D eigenvalue weighted by Crippen LogP contribution is -2.09. The quantitative estimate of drug-likeness (QED) is 0.609. The van der Waals surface area contributed by atoms with Crippen molar-refractivity contribution < 1.29 is 4.74 Å². The summed E-state index contributed by atoms with van der Waals surface area (Å²) in [6.45, 7) is 0. The first-order valence-electron chi connectivity index (χ1n) is 7.76. The molecule has 0 bridgehead atoms. The van der Waals surface area contributed by atoms with Crippen LogP contribution in [0, 0.1) is 0 Å². The molecular formula is C21H16O. The second-order valence-corrected chi connectivity index (χ2v) is 6.13. The van der Waals surface area contributed by atoms with E-state index in [2.05, 4.69) is 60.7 Å². The van der Waals surface area contributed by atoms with E-state index in [4.69, 9.17) is 4.74 Å². The monoisotopic (exact) mass is 284 g/mol. The van der Waals surface area contributed by atoms with Crippen LogP contribution in [0.1, 0.15) is 22.6 Å². The summed E-state index contributed by atoms with van der Waals surface area (Å²) in [5, 5.41) is 0. The van der Waals surface area contributed by atoms with Gasteiger partial charge in [-0.05, 0) is 57.5 Å². The second-order valence-electron chi connectivity index (χ2n) is 6.13. The van der Waals surface area contributed by atoms with Crippen LogP contribution in [-0.2, 0) is 6.42 Å². The molecule has 0 saturated heterocycles. The van der Waals surface area contributed by atoms with E-state index in [0.717, 1.165) is 12.2 Å². The lowest BCUT2D eigenvalue weighted by atomic mass is 9.78. The maximum Gasteiger partial charge on any atom is 0.119 e. The Morgan fingerprint density at radius 2 is 1.59 bits per heavy atom. The molecule has 0 fully saturated rings. The van der Waals surface area contributed by atoms with Crippen LogP contribution in [0.3, 0.4) is 0 Å². The summed E-state index contributed by atoms with van der Waals surface area (Å²) in [5.41, 5.74) is 9.94. The van der Waals surface area contributed by atoms with Gasteiger partial charge in [-0.3, -0.25) is 0 Å². The van der Waals surface area contributed by atoms with Crippen LogP contribution in [0.2, 0.25) is 0 Å². The molecule has 1 heteroatoms. The third-order valence-electron chi connectivity index (χ3n) is 5.11. The van der Waals surface area contributed by atoms with Crippen LogP contribution in [0.15, 0.2) is 60.7 Å². The molecule has 1 atom stereocenters. The van der Waals surface area contributed by atoms with Gasteiger partial charge in [-0.15, -0.1) is 0 Å². The minimum absolute atomic E-state index is 0.464. The third kappa shape index (κ3) is 1.43. The summed E-state index contributed by atoms with van der Waals surface area (Å²) in [7, 11) is 1.74. The number of hydrogen-bond acceptors (Lipinski definition) is 1. The Bertz CT molecular complexity index is 908. The minimum atomic E-state index is 0.464. The maximum absolute atomic E-state index is 5.45. The van der Waals surface area contributed by atoms with E-state index in [1.54, 1.807) is 7.11 Å². The minimum Gasteiger partial charge on any atom is -0.497 e. The Labute approximate surface area is 130 Å². The molecule has 0 heterocycles. The topological polar surface area (TPSA) is 9.23 Å². The molecule has 3 aromatic carbocycles. The molecule has 106 valence electrons. The van der Waals surface area contributed by atoms with E-state index in [9.17, 15) is 0 Å². The van der Waals surface area contributed by atoms with Crippen molar-refractivity contribution in [2.75, 3.05) is 7.11 Å². The van der Waals surface area contributed by atoms with Crippen molar-refractivity contribution in [1.82, 2.24) is 0 Å². The van der Waals surface area contributed by atoms with E-state index in [1.807, 2.05) is 0 Å². The number of methoxy groups -OCH3 is 1. The van der Waals surface area contributed by atoms with E-state index >= 15 is 0 Å². The van der Waals surface area contributed by atoms with Gasteiger partial charge < -0.3 is 4.74 Å². The zero-order valence-electron chi connectivity index (χ0n) is 12.5. The maximum atomic E-state index is 5.45. The Morgan fingerprint density at radius 3 is 2.45 bits per heavy atom. The first kappa shape index (κ1) is 12.0. The first-order chi connectivity index (χ1) is 10.9. The van der Waals surface area contributed by atoms with Gasteiger partial charge in [0, 0.05) is 5.92 Å².